The third kappa shape index (κ3) is 8.53. The van der Waals surface area contributed by atoms with Crippen LogP contribution in [0.1, 0.15) is 57.1 Å². The first kappa shape index (κ1) is 24.8. The summed E-state index contributed by atoms with van der Waals surface area (Å²) in [5.74, 6) is -1.94. The van der Waals surface area contributed by atoms with Gasteiger partial charge < -0.3 is 16.0 Å². The Hall–Kier alpha value is -2.87. The van der Waals surface area contributed by atoms with Crippen LogP contribution in [0.3, 0.4) is 0 Å². The van der Waals surface area contributed by atoms with Crippen molar-refractivity contribution in [1.29, 1.82) is 0 Å². The van der Waals surface area contributed by atoms with Gasteiger partial charge in [-0.25, -0.2) is 13.8 Å². The van der Waals surface area contributed by atoms with Crippen LogP contribution in [0.15, 0.2) is 36.5 Å². The van der Waals surface area contributed by atoms with Gasteiger partial charge in [0.2, 0.25) is 11.8 Å². The Morgan fingerprint density at radius 3 is 2.42 bits per heavy atom. The van der Waals surface area contributed by atoms with Crippen LogP contribution in [0.5, 0.6) is 0 Å². The molecule has 0 bridgehead atoms. The third-order valence-corrected chi connectivity index (χ3v) is 5.56. The average molecular weight is 459 g/mol. The molecule has 0 saturated heterocycles. The van der Waals surface area contributed by atoms with E-state index in [1.165, 1.54) is 12.8 Å². The Morgan fingerprint density at radius 1 is 1.09 bits per heavy atom. The number of nitrogens with one attached hydrogen (secondary N) is 3. The molecule has 1 unspecified atom stereocenters. The fourth-order valence-electron chi connectivity index (χ4n) is 3.68. The zero-order valence-electron chi connectivity index (χ0n) is 19.2. The Kier molecular flexibility index (Phi) is 8.88. The molecule has 178 valence electrons. The fraction of sp³-hybridized carbons (Fsp3) is 0.480. The van der Waals surface area contributed by atoms with Crippen LogP contribution in [0.2, 0.25) is 0 Å². The first-order chi connectivity index (χ1) is 15.8. The van der Waals surface area contributed by atoms with Crippen molar-refractivity contribution in [3.63, 3.8) is 0 Å². The van der Waals surface area contributed by atoms with E-state index in [0.717, 1.165) is 36.6 Å². The van der Waals surface area contributed by atoms with E-state index in [9.17, 15) is 18.4 Å². The minimum absolute atomic E-state index is 0.208. The normalized spacial score (nSPS) is 15.0. The van der Waals surface area contributed by atoms with E-state index >= 15 is 0 Å². The van der Waals surface area contributed by atoms with E-state index in [1.54, 1.807) is 12.3 Å². The molecule has 1 aliphatic carbocycles. The lowest BCUT2D eigenvalue weighted by Crippen LogP contribution is -2.44. The van der Waals surface area contributed by atoms with Crippen LogP contribution < -0.4 is 16.0 Å². The van der Waals surface area contributed by atoms with Crippen molar-refractivity contribution in [1.82, 2.24) is 15.6 Å². The minimum Gasteiger partial charge on any atom is -0.344 e. The molecule has 0 spiro atoms. The lowest BCUT2D eigenvalue weighted by Gasteiger charge is -2.18. The number of carbonyl (C=O) groups is 2. The molecule has 1 saturated carbocycles. The molecular weight excluding hydrogens is 426 g/mol. The summed E-state index contributed by atoms with van der Waals surface area (Å²) in [4.78, 5) is 29.4. The summed E-state index contributed by atoms with van der Waals surface area (Å²) in [7, 11) is 0. The van der Waals surface area contributed by atoms with Crippen LogP contribution in [-0.2, 0) is 22.4 Å². The maximum Gasteiger partial charge on any atom is 0.248 e. The molecule has 1 heterocycles. The number of amides is 2. The molecule has 33 heavy (non-hydrogen) atoms. The lowest BCUT2D eigenvalue weighted by molar-refractivity contribution is -0.126. The first-order valence-corrected chi connectivity index (χ1v) is 11.6. The predicted octanol–water partition coefficient (Wildman–Crippen LogP) is 3.90. The summed E-state index contributed by atoms with van der Waals surface area (Å²) in [6.07, 6.45) is 7.09. The zero-order chi connectivity index (χ0) is 23.8. The molecule has 8 heteroatoms. The highest BCUT2D eigenvalue weighted by Crippen LogP contribution is 2.20. The Bertz CT molecular complexity index is 928. The predicted molar refractivity (Wildman–Crippen MR) is 124 cm³/mol. The molecule has 6 nitrogen and oxygen atoms in total. The summed E-state index contributed by atoms with van der Waals surface area (Å²) < 4.78 is 26.7. The highest BCUT2D eigenvalue weighted by Gasteiger charge is 2.23. The van der Waals surface area contributed by atoms with E-state index in [2.05, 4.69) is 27.9 Å². The third-order valence-electron chi connectivity index (χ3n) is 5.56. The number of pyridine rings is 1. The minimum atomic E-state index is -0.767. The molecule has 2 amide bonds. The number of carbonyl (C=O) groups excluding carboxylic acids is 2. The molecule has 3 N–H and O–H groups in total. The second kappa shape index (κ2) is 11.8. The van der Waals surface area contributed by atoms with Crippen LogP contribution in [0.25, 0.3) is 0 Å². The average Bonchev–Trinajstić information content (AvgIpc) is 3.56. The monoisotopic (exact) mass is 458 g/mol. The number of nitrogens with zero attached hydrogens (tertiary/aromatic N) is 1. The summed E-state index contributed by atoms with van der Waals surface area (Å²) in [6, 6.07) is 7.03. The van der Waals surface area contributed by atoms with Crippen molar-refractivity contribution in [2.24, 2.45) is 0 Å². The Labute approximate surface area is 193 Å². The van der Waals surface area contributed by atoms with Gasteiger partial charge in [-0.15, -0.1) is 0 Å². The van der Waals surface area contributed by atoms with Gasteiger partial charge in [-0.05, 0) is 68.4 Å². The lowest BCUT2D eigenvalue weighted by atomic mass is 10.1. The number of aryl methyl sites for hydroxylation is 1. The molecule has 1 aromatic carbocycles. The van der Waals surface area contributed by atoms with Gasteiger partial charge >= 0.3 is 0 Å². The van der Waals surface area contributed by atoms with Crippen molar-refractivity contribution >= 4 is 17.6 Å². The van der Waals surface area contributed by atoms with Crippen LogP contribution in [-0.4, -0.2) is 34.9 Å². The van der Waals surface area contributed by atoms with Crippen molar-refractivity contribution in [2.45, 2.75) is 76.9 Å². The number of hydrogen-bond donors (Lipinski definition) is 3. The molecule has 2 atom stereocenters. The van der Waals surface area contributed by atoms with E-state index in [4.69, 9.17) is 0 Å². The molecule has 0 radical (unpaired) electrons. The van der Waals surface area contributed by atoms with E-state index in [1.807, 2.05) is 13.0 Å². The summed E-state index contributed by atoms with van der Waals surface area (Å²) >= 11 is 0. The molecule has 1 aliphatic rings. The van der Waals surface area contributed by atoms with E-state index < -0.39 is 23.6 Å². The van der Waals surface area contributed by atoms with Crippen LogP contribution in [0, 0.1) is 11.6 Å². The van der Waals surface area contributed by atoms with Gasteiger partial charge in [0.05, 0.1) is 6.42 Å². The standard InChI is InChI=1S/C25H32F2N4O2/c1-3-4-22(30-24(32)13-18-11-19(26)14-20(27)12-18)25(33)31-23-10-7-17(15-28-23)6-5-16(2)29-21-8-9-21/h7,10-12,14-16,21-22,29H,3-6,8-9,13H2,1-2H3,(H,30,32)(H,28,31,33)/t16-,22?/m0/s1. The Balaban J connectivity index is 1.50. The smallest absolute Gasteiger partial charge is 0.248 e. The molecule has 2 aromatic rings. The number of halogens is 2. The quantitative estimate of drug-likeness (QED) is 0.451. The van der Waals surface area contributed by atoms with Crippen LogP contribution in [0.4, 0.5) is 14.6 Å². The number of aromatic nitrogens is 1. The van der Waals surface area contributed by atoms with Crippen molar-refractivity contribution in [2.75, 3.05) is 5.32 Å². The molecule has 1 aromatic heterocycles. The first-order valence-electron chi connectivity index (χ1n) is 11.6. The van der Waals surface area contributed by atoms with Gasteiger partial charge in [-0.3, -0.25) is 9.59 Å². The number of rotatable bonds is 12. The van der Waals surface area contributed by atoms with Gasteiger partial charge in [0.25, 0.3) is 0 Å². The fourth-order valence-corrected chi connectivity index (χ4v) is 3.68. The van der Waals surface area contributed by atoms with Crippen molar-refractivity contribution in [3.8, 4) is 0 Å². The number of hydrogen-bond acceptors (Lipinski definition) is 4. The van der Waals surface area contributed by atoms with Crippen LogP contribution >= 0.6 is 0 Å². The Morgan fingerprint density at radius 2 is 1.82 bits per heavy atom. The van der Waals surface area contributed by atoms with Crippen molar-refractivity contribution < 1.29 is 18.4 Å². The maximum absolute atomic E-state index is 13.4. The molecule has 0 aliphatic heterocycles. The second-order valence-corrected chi connectivity index (χ2v) is 8.78. The SMILES string of the molecule is CCCC(NC(=O)Cc1cc(F)cc(F)c1)C(=O)Nc1ccc(CC[C@H](C)NC2CC2)cn1. The van der Waals surface area contributed by atoms with Gasteiger partial charge in [-0.2, -0.15) is 0 Å². The topological polar surface area (TPSA) is 83.1 Å². The number of anilines is 1. The molecule has 1 fully saturated rings. The van der Waals surface area contributed by atoms with E-state index in [-0.39, 0.29) is 17.9 Å². The summed E-state index contributed by atoms with van der Waals surface area (Å²) in [6.45, 7) is 4.09. The second-order valence-electron chi connectivity index (χ2n) is 8.78. The van der Waals surface area contributed by atoms with E-state index in [0.29, 0.717) is 30.7 Å². The van der Waals surface area contributed by atoms with Gasteiger partial charge in [0.1, 0.15) is 23.5 Å². The maximum atomic E-state index is 13.4. The number of benzene rings is 1. The highest BCUT2D eigenvalue weighted by atomic mass is 19.1. The zero-order valence-corrected chi connectivity index (χ0v) is 19.2. The largest absolute Gasteiger partial charge is 0.344 e. The molecule has 3 rings (SSSR count). The highest BCUT2D eigenvalue weighted by molar-refractivity contribution is 5.96. The van der Waals surface area contributed by atoms with Gasteiger partial charge in [0.15, 0.2) is 0 Å². The summed E-state index contributed by atoms with van der Waals surface area (Å²) in [5, 5.41) is 8.98. The van der Waals surface area contributed by atoms with Gasteiger partial charge in [0, 0.05) is 24.3 Å². The van der Waals surface area contributed by atoms with Gasteiger partial charge in [-0.1, -0.05) is 19.4 Å². The molecular formula is C25H32F2N4O2. The summed E-state index contributed by atoms with van der Waals surface area (Å²) in [5.41, 5.74) is 1.30. The van der Waals surface area contributed by atoms with Crippen molar-refractivity contribution in [3.05, 3.63) is 59.3 Å².